The molecule has 0 saturated heterocycles. The predicted molar refractivity (Wildman–Crippen MR) is 79.6 cm³/mol. The van der Waals surface area contributed by atoms with Gasteiger partial charge in [-0.3, -0.25) is 0 Å². The first-order chi connectivity index (χ1) is 9.74. The van der Waals surface area contributed by atoms with Crippen molar-refractivity contribution in [1.29, 1.82) is 0 Å². The van der Waals surface area contributed by atoms with Gasteiger partial charge in [0, 0.05) is 18.6 Å². The van der Waals surface area contributed by atoms with Gasteiger partial charge in [0.2, 0.25) is 0 Å². The van der Waals surface area contributed by atoms with Gasteiger partial charge in [0.1, 0.15) is 0 Å². The molecule has 2 aliphatic carbocycles. The Kier molecular flexibility index (Phi) is 6.60. The number of carbonyl (C=O) groups excluding carboxylic acids is 1. The molecule has 5 nitrogen and oxygen atoms in total. The highest BCUT2D eigenvalue weighted by molar-refractivity contribution is 5.74. The molecule has 0 bridgehead atoms. The number of ether oxygens (including phenoxy) is 1. The zero-order valence-corrected chi connectivity index (χ0v) is 12.4. The molecule has 2 saturated carbocycles. The van der Waals surface area contributed by atoms with E-state index < -0.39 is 0 Å². The van der Waals surface area contributed by atoms with Crippen LogP contribution in [0.25, 0.3) is 0 Å². The lowest BCUT2D eigenvalue weighted by atomic mass is 9.94. The van der Waals surface area contributed by atoms with Gasteiger partial charge >= 0.3 is 6.03 Å². The van der Waals surface area contributed by atoms with Crippen LogP contribution >= 0.6 is 0 Å². The van der Waals surface area contributed by atoms with Gasteiger partial charge in [-0.2, -0.15) is 0 Å². The van der Waals surface area contributed by atoms with Gasteiger partial charge < -0.3 is 21.1 Å². The van der Waals surface area contributed by atoms with Crippen molar-refractivity contribution in [2.45, 2.75) is 76.0 Å². The first-order valence-electron chi connectivity index (χ1n) is 8.15. The summed E-state index contributed by atoms with van der Waals surface area (Å²) in [4.78, 5) is 11.7. The summed E-state index contributed by atoms with van der Waals surface area (Å²) < 4.78 is 5.77. The van der Waals surface area contributed by atoms with E-state index in [0.29, 0.717) is 31.3 Å². The molecule has 2 amide bonds. The Morgan fingerprint density at radius 3 is 2.45 bits per heavy atom. The minimum atomic E-state index is -0.0498. The van der Waals surface area contributed by atoms with E-state index in [4.69, 9.17) is 10.5 Å². The summed E-state index contributed by atoms with van der Waals surface area (Å²) in [6, 6.07) is 0.671. The van der Waals surface area contributed by atoms with Gasteiger partial charge in [-0.1, -0.05) is 19.3 Å². The van der Waals surface area contributed by atoms with E-state index in [9.17, 15) is 4.79 Å². The maximum atomic E-state index is 11.7. The number of hydrogen-bond donors (Lipinski definition) is 3. The summed E-state index contributed by atoms with van der Waals surface area (Å²) in [6.45, 7) is 1.18. The zero-order chi connectivity index (χ0) is 14.2. The van der Waals surface area contributed by atoms with Crippen molar-refractivity contribution in [1.82, 2.24) is 10.6 Å². The van der Waals surface area contributed by atoms with Gasteiger partial charge in [-0.05, 0) is 38.5 Å². The third kappa shape index (κ3) is 5.67. The van der Waals surface area contributed by atoms with E-state index in [2.05, 4.69) is 10.6 Å². The Bertz CT molecular complexity index is 285. The molecule has 0 spiro atoms. The zero-order valence-electron chi connectivity index (χ0n) is 12.4. The van der Waals surface area contributed by atoms with E-state index >= 15 is 0 Å². The highest BCUT2D eigenvalue weighted by atomic mass is 16.5. The molecule has 4 N–H and O–H groups in total. The molecule has 2 aliphatic rings. The normalized spacial score (nSPS) is 28.1. The van der Waals surface area contributed by atoms with Crippen molar-refractivity contribution in [3.05, 3.63) is 0 Å². The number of urea groups is 1. The molecule has 0 heterocycles. The monoisotopic (exact) mass is 283 g/mol. The Morgan fingerprint density at radius 2 is 1.75 bits per heavy atom. The standard InChI is InChI=1S/C15H29N3O2/c16-12-6-8-14(9-7-12)20-11-10-17-15(19)18-13-4-2-1-3-5-13/h12-14H,1-11,16H2,(H2,17,18,19). The smallest absolute Gasteiger partial charge is 0.315 e. The molecule has 0 aromatic rings. The maximum absolute atomic E-state index is 11.7. The van der Waals surface area contributed by atoms with Crippen molar-refractivity contribution < 1.29 is 9.53 Å². The largest absolute Gasteiger partial charge is 0.376 e. The van der Waals surface area contributed by atoms with Crippen LogP contribution in [-0.4, -0.2) is 37.4 Å². The van der Waals surface area contributed by atoms with Crippen LogP contribution < -0.4 is 16.4 Å². The van der Waals surface area contributed by atoms with Crippen molar-refractivity contribution >= 4 is 6.03 Å². The molecular formula is C15H29N3O2. The summed E-state index contributed by atoms with van der Waals surface area (Å²) in [6.07, 6.45) is 10.6. The lowest BCUT2D eigenvalue weighted by molar-refractivity contribution is 0.0278. The second kappa shape index (κ2) is 8.47. The SMILES string of the molecule is NC1CCC(OCCNC(=O)NC2CCCCC2)CC1. The van der Waals surface area contributed by atoms with Crippen LogP contribution in [0, 0.1) is 0 Å². The second-order valence-corrected chi connectivity index (χ2v) is 6.14. The number of rotatable bonds is 5. The van der Waals surface area contributed by atoms with E-state index in [0.717, 1.165) is 38.5 Å². The Morgan fingerprint density at radius 1 is 1.05 bits per heavy atom. The number of hydrogen-bond acceptors (Lipinski definition) is 3. The minimum absolute atomic E-state index is 0.0498. The van der Waals surface area contributed by atoms with Crippen LogP contribution in [0.1, 0.15) is 57.8 Å². The van der Waals surface area contributed by atoms with Crippen LogP contribution in [0.5, 0.6) is 0 Å². The Hall–Kier alpha value is -0.810. The fourth-order valence-corrected chi connectivity index (χ4v) is 3.13. The Balaban J connectivity index is 1.48. The number of amides is 2. The highest BCUT2D eigenvalue weighted by Gasteiger charge is 2.19. The van der Waals surface area contributed by atoms with Crippen molar-refractivity contribution in [2.24, 2.45) is 5.73 Å². The van der Waals surface area contributed by atoms with Crippen LogP contribution in [0.4, 0.5) is 4.79 Å². The average Bonchev–Trinajstić information content (AvgIpc) is 2.46. The van der Waals surface area contributed by atoms with Gasteiger partial charge in [0.05, 0.1) is 12.7 Å². The molecule has 20 heavy (non-hydrogen) atoms. The first kappa shape index (κ1) is 15.6. The van der Waals surface area contributed by atoms with Gasteiger partial charge in [-0.25, -0.2) is 4.79 Å². The predicted octanol–water partition coefficient (Wildman–Crippen LogP) is 1.90. The average molecular weight is 283 g/mol. The third-order valence-corrected chi connectivity index (χ3v) is 4.40. The van der Waals surface area contributed by atoms with Crippen LogP contribution in [0.15, 0.2) is 0 Å². The molecule has 2 rings (SSSR count). The molecule has 0 radical (unpaired) electrons. The summed E-state index contributed by atoms with van der Waals surface area (Å²) in [5.41, 5.74) is 5.86. The van der Waals surface area contributed by atoms with E-state index in [1.165, 1.54) is 19.3 Å². The third-order valence-electron chi connectivity index (χ3n) is 4.40. The number of nitrogens with two attached hydrogens (primary N) is 1. The lowest BCUT2D eigenvalue weighted by Crippen LogP contribution is -2.44. The molecule has 0 aromatic heterocycles. The molecular weight excluding hydrogens is 254 g/mol. The number of carbonyl (C=O) groups is 1. The summed E-state index contributed by atoms with van der Waals surface area (Å²) in [5.74, 6) is 0. The molecule has 5 heteroatoms. The summed E-state index contributed by atoms with van der Waals surface area (Å²) >= 11 is 0. The molecule has 0 unspecified atom stereocenters. The summed E-state index contributed by atoms with van der Waals surface area (Å²) in [7, 11) is 0. The topological polar surface area (TPSA) is 76.4 Å². The van der Waals surface area contributed by atoms with Crippen LogP contribution in [0.2, 0.25) is 0 Å². The van der Waals surface area contributed by atoms with E-state index in [-0.39, 0.29) is 6.03 Å². The van der Waals surface area contributed by atoms with Gasteiger partial charge in [0.25, 0.3) is 0 Å². The highest BCUT2D eigenvalue weighted by Crippen LogP contribution is 2.19. The maximum Gasteiger partial charge on any atom is 0.315 e. The Labute approximate surface area is 122 Å². The molecule has 116 valence electrons. The first-order valence-corrected chi connectivity index (χ1v) is 8.15. The van der Waals surface area contributed by atoms with Crippen molar-refractivity contribution in [3.63, 3.8) is 0 Å². The fourth-order valence-electron chi connectivity index (χ4n) is 3.13. The minimum Gasteiger partial charge on any atom is -0.376 e. The van der Waals surface area contributed by atoms with Gasteiger partial charge in [0.15, 0.2) is 0 Å². The quantitative estimate of drug-likeness (QED) is 0.675. The van der Waals surface area contributed by atoms with Crippen molar-refractivity contribution in [3.8, 4) is 0 Å². The molecule has 0 aromatic carbocycles. The molecule has 0 aliphatic heterocycles. The van der Waals surface area contributed by atoms with Crippen LogP contribution in [0.3, 0.4) is 0 Å². The van der Waals surface area contributed by atoms with E-state index in [1.807, 2.05) is 0 Å². The van der Waals surface area contributed by atoms with Crippen molar-refractivity contribution in [2.75, 3.05) is 13.2 Å². The summed E-state index contributed by atoms with van der Waals surface area (Å²) in [5, 5.41) is 5.92. The lowest BCUT2D eigenvalue weighted by Gasteiger charge is -2.26. The van der Waals surface area contributed by atoms with E-state index in [1.54, 1.807) is 0 Å². The van der Waals surface area contributed by atoms with Gasteiger partial charge in [-0.15, -0.1) is 0 Å². The fraction of sp³-hybridized carbons (Fsp3) is 0.933. The number of nitrogens with one attached hydrogen (secondary N) is 2. The second-order valence-electron chi connectivity index (χ2n) is 6.14. The van der Waals surface area contributed by atoms with Crippen LogP contribution in [-0.2, 0) is 4.74 Å². The molecule has 0 atom stereocenters. The molecule has 2 fully saturated rings.